The lowest BCUT2D eigenvalue weighted by molar-refractivity contribution is 0.311. The minimum absolute atomic E-state index is 0.537. The number of nitrogens with one attached hydrogen (secondary N) is 1. The molecule has 3 aliphatic heterocycles. The van der Waals surface area contributed by atoms with E-state index >= 15 is 0 Å². The van der Waals surface area contributed by atoms with E-state index in [1.54, 1.807) is 8.61 Å². The Bertz CT molecular complexity index is 366. The van der Waals surface area contributed by atoms with Gasteiger partial charge in [0.05, 0.1) is 0 Å². The van der Waals surface area contributed by atoms with Crippen LogP contribution in [0.15, 0.2) is 0 Å². The minimum atomic E-state index is -3.16. The Hall–Kier alpha value is -0.170. The van der Waals surface area contributed by atoms with Crippen LogP contribution in [0.3, 0.4) is 0 Å². The molecule has 3 heterocycles. The molecule has 0 aliphatic carbocycles. The second kappa shape index (κ2) is 4.50. The van der Waals surface area contributed by atoms with Crippen LogP contribution < -0.4 is 5.32 Å². The smallest absolute Gasteiger partial charge is 0.281 e. The van der Waals surface area contributed by atoms with Gasteiger partial charge in [-0.05, 0) is 37.8 Å². The lowest BCUT2D eigenvalue weighted by Gasteiger charge is -2.30. The maximum Gasteiger partial charge on any atom is 0.281 e. The molecule has 0 amide bonds. The van der Waals surface area contributed by atoms with E-state index in [0.717, 1.165) is 39.0 Å². The van der Waals surface area contributed by atoms with E-state index < -0.39 is 10.2 Å². The Kier molecular flexibility index (Phi) is 3.15. The second-order valence-corrected chi connectivity index (χ2v) is 7.39. The van der Waals surface area contributed by atoms with Crippen LogP contribution in [0, 0.1) is 11.8 Å². The summed E-state index contributed by atoms with van der Waals surface area (Å²) < 4.78 is 28.3. The zero-order chi connectivity index (χ0) is 11.9. The average molecular weight is 259 g/mol. The molecular weight excluding hydrogens is 238 g/mol. The zero-order valence-corrected chi connectivity index (χ0v) is 11.0. The molecule has 0 radical (unpaired) electrons. The monoisotopic (exact) mass is 259 g/mol. The maximum atomic E-state index is 12.5. The first kappa shape index (κ1) is 11.9. The lowest BCUT2D eigenvalue weighted by Crippen LogP contribution is -2.45. The van der Waals surface area contributed by atoms with Crippen molar-refractivity contribution in [2.75, 3.05) is 39.3 Å². The average Bonchev–Trinajstić information content (AvgIpc) is 2.90. The zero-order valence-electron chi connectivity index (χ0n) is 10.1. The van der Waals surface area contributed by atoms with Gasteiger partial charge < -0.3 is 5.32 Å². The minimum Gasteiger partial charge on any atom is -0.316 e. The fraction of sp³-hybridized carbons (Fsp3) is 1.00. The molecule has 3 rings (SSSR count). The number of hydrogen-bond donors (Lipinski definition) is 1. The third-order valence-electron chi connectivity index (χ3n) is 4.32. The van der Waals surface area contributed by atoms with Crippen molar-refractivity contribution in [1.82, 2.24) is 13.9 Å². The highest BCUT2D eigenvalue weighted by Crippen LogP contribution is 2.30. The predicted molar refractivity (Wildman–Crippen MR) is 65.8 cm³/mol. The molecule has 0 aromatic heterocycles. The van der Waals surface area contributed by atoms with Gasteiger partial charge >= 0.3 is 0 Å². The van der Waals surface area contributed by atoms with Crippen LogP contribution >= 0.6 is 0 Å². The van der Waals surface area contributed by atoms with Gasteiger partial charge in [0.1, 0.15) is 0 Å². The lowest BCUT2D eigenvalue weighted by atomic mass is 10.0. The number of piperidine rings is 1. The van der Waals surface area contributed by atoms with E-state index in [-0.39, 0.29) is 0 Å². The van der Waals surface area contributed by atoms with Crippen LogP contribution in [0.1, 0.15) is 19.3 Å². The van der Waals surface area contributed by atoms with Gasteiger partial charge in [-0.3, -0.25) is 0 Å². The van der Waals surface area contributed by atoms with Crippen LogP contribution in [0.5, 0.6) is 0 Å². The van der Waals surface area contributed by atoms with Crippen LogP contribution in [-0.4, -0.2) is 56.3 Å². The molecule has 2 atom stereocenters. The largest absolute Gasteiger partial charge is 0.316 e. The Morgan fingerprint density at radius 3 is 2.06 bits per heavy atom. The molecule has 3 fully saturated rings. The first-order valence-corrected chi connectivity index (χ1v) is 8.03. The molecule has 17 heavy (non-hydrogen) atoms. The van der Waals surface area contributed by atoms with E-state index in [2.05, 4.69) is 5.32 Å². The van der Waals surface area contributed by atoms with Crippen LogP contribution in [0.25, 0.3) is 0 Å². The van der Waals surface area contributed by atoms with E-state index in [1.165, 1.54) is 6.42 Å². The van der Waals surface area contributed by atoms with E-state index in [4.69, 9.17) is 0 Å². The van der Waals surface area contributed by atoms with Gasteiger partial charge in [-0.2, -0.15) is 17.0 Å². The standard InChI is InChI=1S/C11H21N3O2S/c15-17(16,13-4-2-1-3-5-13)14-8-10-6-12-7-11(10)9-14/h10-12H,1-9H2. The summed E-state index contributed by atoms with van der Waals surface area (Å²) >= 11 is 0. The number of rotatable bonds is 2. The van der Waals surface area contributed by atoms with Gasteiger partial charge in [0, 0.05) is 26.2 Å². The molecule has 0 spiro atoms. The highest BCUT2D eigenvalue weighted by Gasteiger charge is 2.43. The van der Waals surface area contributed by atoms with Crippen molar-refractivity contribution in [3.63, 3.8) is 0 Å². The molecule has 1 N–H and O–H groups in total. The van der Waals surface area contributed by atoms with Gasteiger partial charge in [0.25, 0.3) is 10.2 Å². The number of fused-ring (bicyclic) bond motifs is 1. The summed E-state index contributed by atoms with van der Waals surface area (Å²) in [7, 11) is -3.16. The summed E-state index contributed by atoms with van der Waals surface area (Å²) in [5.74, 6) is 1.07. The van der Waals surface area contributed by atoms with E-state index in [1.807, 2.05) is 0 Å². The molecular formula is C11H21N3O2S. The molecule has 98 valence electrons. The molecule has 6 heteroatoms. The highest BCUT2D eigenvalue weighted by atomic mass is 32.2. The molecule has 2 unspecified atom stereocenters. The van der Waals surface area contributed by atoms with Crippen LogP contribution in [-0.2, 0) is 10.2 Å². The molecule has 0 aromatic rings. The first-order valence-electron chi connectivity index (χ1n) is 6.64. The van der Waals surface area contributed by atoms with Gasteiger partial charge in [0.15, 0.2) is 0 Å². The number of nitrogens with zero attached hydrogens (tertiary/aromatic N) is 2. The summed E-state index contributed by atoms with van der Waals surface area (Å²) in [5.41, 5.74) is 0. The highest BCUT2D eigenvalue weighted by molar-refractivity contribution is 7.86. The van der Waals surface area contributed by atoms with Gasteiger partial charge in [-0.25, -0.2) is 0 Å². The fourth-order valence-electron chi connectivity index (χ4n) is 3.26. The second-order valence-electron chi connectivity index (χ2n) is 5.46. The van der Waals surface area contributed by atoms with Gasteiger partial charge in [-0.15, -0.1) is 0 Å². The van der Waals surface area contributed by atoms with Crippen molar-refractivity contribution < 1.29 is 8.42 Å². The van der Waals surface area contributed by atoms with Crippen molar-refractivity contribution in [1.29, 1.82) is 0 Å². The predicted octanol–water partition coefficient (Wildman–Crippen LogP) is -0.132. The molecule has 3 saturated heterocycles. The third kappa shape index (κ3) is 2.12. The Morgan fingerprint density at radius 2 is 1.47 bits per heavy atom. The van der Waals surface area contributed by atoms with Crippen molar-refractivity contribution >= 4 is 10.2 Å². The SMILES string of the molecule is O=S(=O)(N1CCCCC1)N1CC2CNCC2C1. The van der Waals surface area contributed by atoms with E-state index in [0.29, 0.717) is 24.9 Å². The summed E-state index contributed by atoms with van der Waals surface area (Å²) in [5, 5.41) is 3.34. The Balaban J connectivity index is 1.70. The molecule has 5 nitrogen and oxygen atoms in total. The Morgan fingerprint density at radius 1 is 0.882 bits per heavy atom. The summed E-state index contributed by atoms with van der Waals surface area (Å²) in [4.78, 5) is 0. The van der Waals surface area contributed by atoms with Crippen LogP contribution in [0.2, 0.25) is 0 Å². The van der Waals surface area contributed by atoms with Gasteiger partial charge in [0.2, 0.25) is 0 Å². The normalized spacial score (nSPS) is 36.2. The van der Waals surface area contributed by atoms with E-state index in [9.17, 15) is 8.42 Å². The summed E-state index contributed by atoms with van der Waals surface area (Å²) in [6.45, 7) is 4.83. The molecule has 0 aromatic carbocycles. The maximum absolute atomic E-state index is 12.5. The first-order chi connectivity index (χ1) is 8.18. The fourth-order valence-corrected chi connectivity index (χ4v) is 5.07. The molecule has 0 saturated carbocycles. The van der Waals surface area contributed by atoms with Gasteiger partial charge in [-0.1, -0.05) is 6.42 Å². The van der Waals surface area contributed by atoms with Crippen molar-refractivity contribution in [2.45, 2.75) is 19.3 Å². The third-order valence-corrected chi connectivity index (χ3v) is 6.29. The molecule has 0 bridgehead atoms. The summed E-state index contributed by atoms with van der Waals surface area (Å²) in [6, 6.07) is 0. The number of hydrogen-bond acceptors (Lipinski definition) is 3. The van der Waals surface area contributed by atoms with Crippen molar-refractivity contribution in [3.05, 3.63) is 0 Å². The van der Waals surface area contributed by atoms with Crippen LogP contribution in [0.4, 0.5) is 0 Å². The van der Waals surface area contributed by atoms with Crippen molar-refractivity contribution in [3.8, 4) is 0 Å². The molecule has 3 aliphatic rings. The topological polar surface area (TPSA) is 52.7 Å². The summed E-state index contributed by atoms with van der Waals surface area (Å²) in [6.07, 6.45) is 3.20. The van der Waals surface area contributed by atoms with Crippen molar-refractivity contribution in [2.24, 2.45) is 11.8 Å². The quantitative estimate of drug-likeness (QED) is 0.751. The Labute approximate surface area is 103 Å².